The van der Waals surface area contributed by atoms with Crippen molar-refractivity contribution >= 4 is 23.2 Å². The second-order valence-corrected chi connectivity index (χ2v) is 6.76. The van der Waals surface area contributed by atoms with Crippen LogP contribution in [0, 0.1) is 0 Å². The third kappa shape index (κ3) is 4.88. The number of nitrogens with zero attached hydrogens (tertiary/aromatic N) is 3. The molecule has 1 N–H and O–H groups in total. The van der Waals surface area contributed by atoms with Gasteiger partial charge in [-0.2, -0.15) is 0 Å². The van der Waals surface area contributed by atoms with Crippen LogP contribution < -0.4 is 10.1 Å². The van der Waals surface area contributed by atoms with Crippen LogP contribution in [0.25, 0.3) is 11.5 Å². The Balaban J connectivity index is 1.62. The highest BCUT2D eigenvalue weighted by Crippen LogP contribution is 2.25. The molecule has 3 rings (SSSR count). The molecule has 0 unspecified atom stereocenters. The first-order valence-corrected chi connectivity index (χ1v) is 9.07. The average Bonchev–Trinajstić information content (AvgIpc) is 3.17. The van der Waals surface area contributed by atoms with Gasteiger partial charge >= 0.3 is 0 Å². The van der Waals surface area contributed by atoms with Crippen LogP contribution in [0.5, 0.6) is 5.75 Å². The number of hydrogen-bond donors (Lipinski definition) is 1. The Morgan fingerprint density at radius 1 is 1.25 bits per heavy atom. The van der Waals surface area contributed by atoms with Gasteiger partial charge in [0.25, 0.3) is 0 Å². The summed E-state index contributed by atoms with van der Waals surface area (Å²) in [7, 11) is 3.40. The van der Waals surface area contributed by atoms with Gasteiger partial charge in [0.1, 0.15) is 5.75 Å². The van der Waals surface area contributed by atoms with Crippen LogP contribution in [-0.4, -0.2) is 41.7 Å². The average molecular weight is 401 g/mol. The summed E-state index contributed by atoms with van der Waals surface area (Å²) in [6.45, 7) is 2.06. The highest BCUT2D eigenvalue weighted by molar-refractivity contribution is 6.30. The van der Waals surface area contributed by atoms with E-state index in [-0.39, 0.29) is 18.5 Å². The fraction of sp³-hybridized carbons (Fsp3) is 0.250. The van der Waals surface area contributed by atoms with Gasteiger partial charge in [-0.05, 0) is 44.3 Å². The third-order valence-electron chi connectivity index (χ3n) is 4.28. The molecule has 28 heavy (non-hydrogen) atoms. The molecule has 0 radical (unpaired) electrons. The van der Waals surface area contributed by atoms with E-state index >= 15 is 0 Å². The predicted molar refractivity (Wildman–Crippen MR) is 107 cm³/mol. The van der Waals surface area contributed by atoms with E-state index < -0.39 is 0 Å². The van der Waals surface area contributed by atoms with Gasteiger partial charge in [0.2, 0.25) is 17.7 Å². The van der Waals surface area contributed by atoms with Crippen LogP contribution >= 0.6 is 11.6 Å². The lowest BCUT2D eigenvalue weighted by Gasteiger charge is -2.21. The number of ether oxygens (including phenoxy) is 1. The molecule has 0 aliphatic heterocycles. The number of likely N-dealkylation sites (N-methyl/N-ethyl adjacent to an activating group) is 1. The van der Waals surface area contributed by atoms with Gasteiger partial charge in [-0.25, -0.2) is 0 Å². The van der Waals surface area contributed by atoms with Crippen LogP contribution in [0.3, 0.4) is 0 Å². The van der Waals surface area contributed by atoms with E-state index in [0.29, 0.717) is 28.2 Å². The molecule has 0 fully saturated rings. The Bertz CT molecular complexity index is 960. The molecule has 2 aromatic carbocycles. The number of benzene rings is 2. The summed E-state index contributed by atoms with van der Waals surface area (Å²) in [5.74, 6) is 1.33. The van der Waals surface area contributed by atoms with Gasteiger partial charge in [0.15, 0.2) is 0 Å². The zero-order chi connectivity index (χ0) is 20.1. The fourth-order valence-corrected chi connectivity index (χ4v) is 2.79. The number of halogens is 1. The molecule has 0 bridgehead atoms. The molecule has 1 amide bonds. The van der Waals surface area contributed by atoms with Gasteiger partial charge in [-0.3, -0.25) is 9.69 Å². The van der Waals surface area contributed by atoms with Crippen LogP contribution in [0.1, 0.15) is 18.9 Å². The first-order chi connectivity index (χ1) is 13.5. The minimum atomic E-state index is -0.239. The number of carbonyl (C=O) groups excluding carboxylic acids is 1. The van der Waals surface area contributed by atoms with E-state index in [1.165, 1.54) is 0 Å². The number of hydrogen-bond acceptors (Lipinski definition) is 6. The van der Waals surface area contributed by atoms with Crippen molar-refractivity contribution in [2.75, 3.05) is 26.0 Å². The Hall–Kier alpha value is -2.90. The summed E-state index contributed by atoms with van der Waals surface area (Å²) in [6, 6.07) is 14.2. The Morgan fingerprint density at radius 2 is 2.04 bits per heavy atom. The van der Waals surface area contributed by atoms with Crippen molar-refractivity contribution in [2.45, 2.75) is 13.0 Å². The Kier molecular flexibility index (Phi) is 6.28. The lowest BCUT2D eigenvalue weighted by atomic mass is 10.2. The summed E-state index contributed by atoms with van der Waals surface area (Å²) in [6.07, 6.45) is 0. The number of methoxy groups -OCH3 is 1. The minimum absolute atomic E-state index is 0.155. The van der Waals surface area contributed by atoms with Gasteiger partial charge in [-0.15, -0.1) is 10.2 Å². The van der Waals surface area contributed by atoms with Crippen molar-refractivity contribution in [1.29, 1.82) is 0 Å². The molecule has 1 atom stereocenters. The Labute approximate surface area is 168 Å². The zero-order valence-electron chi connectivity index (χ0n) is 15.8. The first kappa shape index (κ1) is 19.9. The quantitative estimate of drug-likeness (QED) is 0.644. The SMILES string of the molecule is COc1cccc(NC(=O)CN(C)[C@@H](C)c2nnc(-c3cccc(Cl)c3)o2)c1. The van der Waals surface area contributed by atoms with Gasteiger partial charge in [-0.1, -0.05) is 23.7 Å². The number of anilines is 1. The molecule has 0 saturated heterocycles. The van der Waals surface area contributed by atoms with E-state index in [9.17, 15) is 4.79 Å². The van der Waals surface area contributed by atoms with Crippen molar-refractivity contribution in [3.63, 3.8) is 0 Å². The summed E-state index contributed by atoms with van der Waals surface area (Å²) in [5.41, 5.74) is 1.42. The molecule has 0 aliphatic rings. The highest BCUT2D eigenvalue weighted by Gasteiger charge is 2.21. The maximum atomic E-state index is 12.3. The van der Waals surface area contributed by atoms with Crippen molar-refractivity contribution < 1.29 is 13.9 Å². The van der Waals surface area contributed by atoms with E-state index in [4.69, 9.17) is 20.8 Å². The number of aromatic nitrogens is 2. The second-order valence-electron chi connectivity index (χ2n) is 6.33. The third-order valence-corrected chi connectivity index (χ3v) is 4.51. The second kappa shape index (κ2) is 8.86. The number of rotatable bonds is 7. The maximum Gasteiger partial charge on any atom is 0.247 e. The molecule has 0 saturated carbocycles. The van der Waals surface area contributed by atoms with Gasteiger partial charge < -0.3 is 14.5 Å². The summed E-state index contributed by atoms with van der Waals surface area (Å²) >= 11 is 6.01. The van der Waals surface area contributed by atoms with E-state index in [0.717, 1.165) is 5.56 Å². The maximum absolute atomic E-state index is 12.3. The molecule has 0 spiro atoms. The fourth-order valence-electron chi connectivity index (χ4n) is 2.59. The molecular formula is C20H21ClN4O3. The minimum Gasteiger partial charge on any atom is -0.497 e. The molecule has 146 valence electrons. The molecule has 0 aliphatic carbocycles. The lowest BCUT2D eigenvalue weighted by Crippen LogP contribution is -2.32. The Morgan fingerprint density at radius 3 is 2.79 bits per heavy atom. The highest BCUT2D eigenvalue weighted by atomic mass is 35.5. The predicted octanol–water partition coefficient (Wildman–Crippen LogP) is 4.03. The van der Waals surface area contributed by atoms with Gasteiger partial charge in [0.05, 0.1) is 19.7 Å². The zero-order valence-corrected chi connectivity index (χ0v) is 16.6. The van der Waals surface area contributed by atoms with E-state index in [1.807, 2.05) is 43.1 Å². The normalized spacial score (nSPS) is 12.0. The molecule has 7 nitrogen and oxygen atoms in total. The first-order valence-electron chi connectivity index (χ1n) is 8.69. The van der Waals surface area contributed by atoms with Crippen molar-refractivity contribution in [1.82, 2.24) is 15.1 Å². The van der Waals surface area contributed by atoms with Crippen molar-refractivity contribution in [3.05, 3.63) is 59.4 Å². The van der Waals surface area contributed by atoms with Crippen LogP contribution in [0.4, 0.5) is 5.69 Å². The number of carbonyl (C=O) groups is 1. The summed E-state index contributed by atoms with van der Waals surface area (Å²) < 4.78 is 10.9. The van der Waals surface area contributed by atoms with Crippen LogP contribution in [-0.2, 0) is 4.79 Å². The van der Waals surface area contributed by atoms with Crippen molar-refractivity contribution in [3.8, 4) is 17.2 Å². The lowest BCUT2D eigenvalue weighted by molar-refractivity contribution is -0.117. The largest absolute Gasteiger partial charge is 0.497 e. The van der Waals surface area contributed by atoms with E-state index in [2.05, 4.69) is 15.5 Å². The monoisotopic (exact) mass is 400 g/mol. The molecule has 8 heteroatoms. The number of amides is 1. The summed E-state index contributed by atoms with van der Waals surface area (Å²) in [4.78, 5) is 14.2. The molecule has 1 heterocycles. The van der Waals surface area contributed by atoms with Crippen LogP contribution in [0.2, 0.25) is 5.02 Å². The van der Waals surface area contributed by atoms with Gasteiger partial charge in [0, 0.05) is 22.3 Å². The smallest absolute Gasteiger partial charge is 0.247 e. The molecule has 1 aromatic heterocycles. The standard InChI is InChI=1S/C20H21ClN4O3/c1-13(19-23-24-20(28-19)14-6-4-7-15(21)10-14)25(2)12-18(26)22-16-8-5-9-17(11-16)27-3/h4-11,13H,12H2,1-3H3,(H,22,26)/t13-/m0/s1. The number of nitrogens with one attached hydrogen (secondary N) is 1. The topological polar surface area (TPSA) is 80.5 Å². The van der Waals surface area contributed by atoms with Crippen LogP contribution in [0.15, 0.2) is 52.9 Å². The van der Waals surface area contributed by atoms with E-state index in [1.54, 1.807) is 31.4 Å². The summed E-state index contributed by atoms with van der Waals surface area (Å²) in [5, 5.41) is 11.6. The van der Waals surface area contributed by atoms with Crippen molar-refractivity contribution in [2.24, 2.45) is 0 Å². The molecular weight excluding hydrogens is 380 g/mol. The molecule has 3 aromatic rings.